The molecule has 2 N–H and O–H groups in total. The number of aliphatic hydroxyl groups is 2. The zero-order valence-corrected chi connectivity index (χ0v) is 8.47. The fraction of sp³-hybridized carbons (Fsp3) is 1.00. The summed E-state index contributed by atoms with van der Waals surface area (Å²) >= 11 is 0. The van der Waals surface area contributed by atoms with Crippen molar-refractivity contribution in [2.24, 2.45) is 0 Å². The Morgan fingerprint density at radius 2 is 2.07 bits per heavy atom. The molecule has 2 unspecified atom stereocenters. The molecule has 90 valence electrons. The maximum Gasteiger partial charge on any atom is 0.405 e. The zero-order valence-electron chi connectivity index (χ0n) is 8.66. The van der Waals surface area contributed by atoms with E-state index in [9.17, 15) is 8.42 Å². The molecule has 0 spiro atoms. The van der Waals surface area contributed by atoms with Crippen LogP contribution >= 0.6 is 0 Å². The van der Waals surface area contributed by atoms with E-state index in [1.165, 1.54) is 0 Å². The summed E-state index contributed by atoms with van der Waals surface area (Å²) in [7, 11) is -4.39. The van der Waals surface area contributed by atoms with E-state index in [2.05, 4.69) is 8.37 Å². The maximum absolute atomic E-state index is 10.7. The van der Waals surface area contributed by atoms with Gasteiger partial charge < -0.3 is 19.7 Å². The largest absolute Gasteiger partial charge is 0.405 e. The van der Waals surface area contributed by atoms with Gasteiger partial charge in [0.15, 0.2) is 0 Å². The van der Waals surface area contributed by atoms with Crippen molar-refractivity contribution in [3.63, 3.8) is 0 Å². The predicted molar refractivity (Wildman–Crippen MR) is 44.7 cm³/mol. The molecule has 1 aliphatic rings. The summed E-state index contributed by atoms with van der Waals surface area (Å²) in [6.07, 6.45) is -4.55. The normalized spacial score (nSPS) is 35.3. The van der Waals surface area contributed by atoms with E-state index in [0.29, 0.717) is 0 Å². The molecule has 0 bridgehead atoms. The van der Waals surface area contributed by atoms with Crippen LogP contribution in [0.5, 0.6) is 0 Å². The van der Waals surface area contributed by atoms with Crippen LogP contribution in [0.25, 0.3) is 0 Å². The summed E-state index contributed by atoms with van der Waals surface area (Å²) in [5.74, 6) is 0. The van der Waals surface area contributed by atoms with Crippen molar-refractivity contribution < 1.29 is 37.8 Å². The lowest BCUT2D eigenvalue weighted by Crippen LogP contribution is -2.26. The Hall–Kier alpha value is -0.290. The third-order valence-corrected chi connectivity index (χ3v) is 2.11. The molecule has 0 saturated carbocycles. The van der Waals surface area contributed by atoms with Gasteiger partial charge in [0.1, 0.15) is 0 Å². The first-order chi connectivity index (χ1) is 7.37. The van der Waals surface area contributed by atoms with Crippen LogP contribution < -0.4 is 0 Å². The van der Waals surface area contributed by atoms with E-state index >= 15 is 0 Å². The van der Waals surface area contributed by atoms with Crippen molar-refractivity contribution in [2.75, 3.05) is 26.4 Å². The van der Waals surface area contributed by atoms with Gasteiger partial charge in [-0.05, 0) is 0 Å². The van der Waals surface area contributed by atoms with Gasteiger partial charge in [0.2, 0.25) is 12.6 Å². The standard InChI is InChI=1S/C6H12O8S/c7-1-2-11-3-4-12-6-5(8)13-15(9,10)14-6/h5-8H,1-4H2/i5D. The highest BCUT2D eigenvalue weighted by Crippen LogP contribution is 2.19. The van der Waals surface area contributed by atoms with Crippen molar-refractivity contribution in [1.29, 1.82) is 0 Å². The molecule has 1 aliphatic heterocycles. The van der Waals surface area contributed by atoms with Gasteiger partial charge in [-0.25, -0.2) is 8.37 Å². The Bertz CT molecular complexity index is 314. The summed E-state index contributed by atoms with van der Waals surface area (Å²) in [4.78, 5) is 0. The fourth-order valence-electron chi connectivity index (χ4n) is 0.791. The molecule has 1 saturated heterocycles. The zero-order chi connectivity index (χ0) is 12.2. The average Bonchev–Trinajstić information content (AvgIpc) is 2.34. The first-order valence-electron chi connectivity index (χ1n) is 4.54. The van der Waals surface area contributed by atoms with E-state index in [-0.39, 0.29) is 26.4 Å². The van der Waals surface area contributed by atoms with Crippen LogP contribution in [-0.2, 0) is 28.2 Å². The Kier molecular flexibility index (Phi) is 4.26. The minimum Gasteiger partial charge on any atom is -0.394 e. The molecule has 0 aromatic rings. The van der Waals surface area contributed by atoms with Crippen molar-refractivity contribution in [2.45, 2.75) is 12.6 Å². The van der Waals surface area contributed by atoms with Gasteiger partial charge in [-0.2, -0.15) is 8.42 Å². The number of hydrogen-bond donors (Lipinski definition) is 2. The summed E-state index contributed by atoms with van der Waals surface area (Å²) in [6, 6.07) is 0. The molecule has 8 nitrogen and oxygen atoms in total. The lowest BCUT2D eigenvalue weighted by Gasteiger charge is -2.10. The summed E-state index contributed by atoms with van der Waals surface area (Å²) in [5.41, 5.74) is 0. The van der Waals surface area contributed by atoms with Gasteiger partial charge in [0.05, 0.1) is 27.8 Å². The second-order valence-electron chi connectivity index (χ2n) is 2.46. The second kappa shape index (κ2) is 5.70. The molecular formula is C6H12O8S. The van der Waals surface area contributed by atoms with E-state index in [1.807, 2.05) is 0 Å². The van der Waals surface area contributed by atoms with Crippen LogP contribution in [0, 0.1) is 0 Å². The van der Waals surface area contributed by atoms with Gasteiger partial charge in [-0.15, -0.1) is 0 Å². The molecule has 1 rings (SSSR count). The van der Waals surface area contributed by atoms with E-state index < -0.39 is 23.0 Å². The first-order valence-corrected chi connectivity index (χ1v) is 5.37. The Balaban J connectivity index is 2.32. The lowest BCUT2D eigenvalue weighted by molar-refractivity contribution is -0.172. The van der Waals surface area contributed by atoms with Crippen LogP contribution in [0.4, 0.5) is 0 Å². The van der Waals surface area contributed by atoms with Crippen molar-refractivity contribution >= 4 is 10.4 Å². The highest BCUT2D eigenvalue weighted by Gasteiger charge is 2.39. The van der Waals surface area contributed by atoms with Crippen LogP contribution in [0.1, 0.15) is 1.37 Å². The minimum atomic E-state index is -4.39. The van der Waals surface area contributed by atoms with Crippen LogP contribution in [0.2, 0.25) is 0 Å². The highest BCUT2D eigenvalue weighted by atomic mass is 32.3. The van der Waals surface area contributed by atoms with Crippen molar-refractivity contribution in [1.82, 2.24) is 0 Å². The number of hydrogen-bond acceptors (Lipinski definition) is 8. The van der Waals surface area contributed by atoms with Gasteiger partial charge >= 0.3 is 10.4 Å². The number of aliphatic hydroxyl groups excluding tert-OH is 1. The van der Waals surface area contributed by atoms with Gasteiger partial charge in [0.25, 0.3) is 0 Å². The van der Waals surface area contributed by atoms with Gasteiger partial charge in [-0.3, -0.25) is 0 Å². The predicted octanol–water partition coefficient (Wildman–Crippen LogP) is -2.05. The molecule has 15 heavy (non-hydrogen) atoms. The summed E-state index contributed by atoms with van der Waals surface area (Å²) < 4.78 is 46.1. The molecule has 0 radical (unpaired) electrons. The number of ether oxygens (including phenoxy) is 2. The third kappa shape index (κ3) is 4.38. The maximum atomic E-state index is 10.7. The summed E-state index contributed by atoms with van der Waals surface area (Å²) in [5, 5.41) is 17.5. The van der Waals surface area contributed by atoms with Crippen LogP contribution in [-0.4, -0.2) is 57.6 Å². The molecule has 0 amide bonds. The molecule has 2 atom stereocenters. The smallest absolute Gasteiger partial charge is 0.394 e. The lowest BCUT2D eigenvalue weighted by atomic mass is 10.6. The Labute approximate surface area is 88.0 Å². The molecular weight excluding hydrogens is 232 g/mol. The quantitative estimate of drug-likeness (QED) is 0.514. The molecule has 9 heteroatoms. The Morgan fingerprint density at radius 1 is 1.33 bits per heavy atom. The SMILES string of the molecule is [2H]C1(O)OS(=O)(=O)OC1OCCOCCO. The minimum absolute atomic E-state index is 0.0521. The highest BCUT2D eigenvalue weighted by molar-refractivity contribution is 7.82. The van der Waals surface area contributed by atoms with Gasteiger partial charge in [0, 0.05) is 0 Å². The second-order valence-corrected chi connectivity index (χ2v) is 3.64. The molecule has 0 aromatic heterocycles. The van der Waals surface area contributed by atoms with Gasteiger partial charge in [-0.1, -0.05) is 0 Å². The molecule has 1 heterocycles. The van der Waals surface area contributed by atoms with E-state index in [4.69, 9.17) is 21.1 Å². The first kappa shape index (κ1) is 11.2. The molecule has 0 aromatic carbocycles. The van der Waals surface area contributed by atoms with E-state index in [1.54, 1.807) is 0 Å². The van der Waals surface area contributed by atoms with Crippen molar-refractivity contribution in [3.05, 3.63) is 0 Å². The fourth-order valence-corrected chi connectivity index (χ4v) is 1.47. The summed E-state index contributed by atoms with van der Waals surface area (Å²) in [6.45, 7) is -0.115. The average molecular weight is 245 g/mol. The third-order valence-electron chi connectivity index (χ3n) is 1.33. The molecule has 0 aliphatic carbocycles. The monoisotopic (exact) mass is 245 g/mol. The number of rotatable bonds is 6. The van der Waals surface area contributed by atoms with Crippen LogP contribution in [0.3, 0.4) is 0 Å². The van der Waals surface area contributed by atoms with E-state index in [0.717, 1.165) is 0 Å². The topological polar surface area (TPSA) is 112 Å². The van der Waals surface area contributed by atoms with Crippen LogP contribution in [0.15, 0.2) is 0 Å². The van der Waals surface area contributed by atoms with Crippen molar-refractivity contribution in [3.8, 4) is 0 Å². The molecule has 1 fully saturated rings. The Morgan fingerprint density at radius 3 is 2.60 bits per heavy atom.